The monoisotopic (exact) mass is 288 g/mol. The maximum absolute atomic E-state index is 11.4. The van der Waals surface area contributed by atoms with Gasteiger partial charge < -0.3 is 10.2 Å². The molecule has 2 rings (SSSR count). The van der Waals surface area contributed by atoms with Crippen LogP contribution in [0, 0.1) is 5.92 Å². The molecule has 0 aromatic rings. The number of rotatable bonds is 4. The number of hydrogen-bond acceptors (Lipinski definition) is 4. The van der Waals surface area contributed by atoms with Crippen LogP contribution in [0.2, 0.25) is 0 Å². The van der Waals surface area contributed by atoms with Crippen molar-refractivity contribution in [3.8, 4) is 0 Å². The number of sulfone groups is 1. The molecule has 0 radical (unpaired) electrons. The lowest BCUT2D eigenvalue weighted by molar-refractivity contribution is 0.173. The zero-order valence-corrected chi connectivity index (χ0v) is 13.1. The second-order valence-electron chi connectivity index (χ2n) is 6.56. The maximum atomic E-state index is 11.4. The summed E-state index contributed by atoms with van der Waals surface area (Å²) in [7, 11) is -2.73. The first kappa shape index (κ1) is 15.3. The molecule has 1 N–H and O–H groups in total. The molecule has 0 saturated carbocycles. The minimum Gasteiger partial charge on any atom is -0.311 e. The molecule has 0 unspecified atom stereocenters. The van der Waals surface area contributed by atoms with Crippen LogP contribution in [0.3, 0.4) is 0 Å². The van der Waals surface area contributed by atoms with Crippen LogP contribution in [0.1, 0.15) is 39.5 Å². The Hall–Kier alpha value is -0.130. The van der Waals surface area contributed by atoms with Gasteiger partial charge in [-0.1, -0.05) is 13.8 Å². The predicted octanol–water partition coefficient (Wildman–Crippen LogP) is 1.27. The van der Waals surface area contributed by atoms with E-state index in [1.165, 1.54) is 32.5 Å². The van der Waals surface area contributed by atoms with Gasteiger partial charge in [-0.3, -0.25) is 0 Å². The molecule has 0 aromatic carbocycles. The number of likely N-dealkylation sites (tertiary alicyclic amines) is 1. The van der Waals surface area contributed by atoms with E-state index in [0.717, 1.165) is 18.8 Å². The molecule has 4 nitrogen and oxygen atoms in total. The van der Waals surface area contributed by atoms with Gasteiger partial charge in [0.1, 0.15) is 9.84 Å². The summed E-state index contributed by atoms with van der Waals surface area (Å²) in [5.74, 6) is 1.49. The van der Waals surface area contributed by atoms with Crippen LogP contribution in [0.15, 0.2) is 0 Å². The second kappa shape index (κ2) is 6.55. The van der Waals surface area contributed by atoms with Gasteiger partial charge in [-0.2, -0.15) is 0 Å². The van der Waals surface area contributed by atoms with Crippen LogP contribution in [0.4, 0.5) is 0 Å². The number of nitrogens with one attached hydrogen (secondary N) is 1. The van der Waals surface area contributed by atoms with Crippen molar-refractivity contribution in [1.29, 1.82) is 0 Å². The zero-order valence-electron chi connectivity index (χ0n) is 12.3. The maximum Gasteiger partial charge on any atom is 0.150 e. The van der Waals surface area contributed by atoms with Gasteiger partial charge >= 0.3 is 0 Å². The van der Waals surface area contributed by atoms with Crippen LogP contribution in [0.5, 0.6) is 0 Å². The molecule has 2 fully saturated rings. The van der Waals surface area contributed by atoms with Crippen LogP contribution in [-0.2, 0) is 9.84 Å². The SMILES string of the molecule is CC(C)CN1CCC(NC2CCS(=O)(=O)CC2)CC1. The van der Waals surface area contributed by atoms with E-state index in [1.54, 1.807) is 0 Å². The third-order valence-electron chi connectivity index (χ3n) is 4.24. The topological polar surface area (TPSA) is 49.4 Å². The molecule has 0 aliphatic carbocycles. The zero-order chi connectivity index (χ0) is 13.9. The van der Waals surface area contributed by atoms with E-state index in [4.69, 9.17) is 0 Å². The highest BCUT2D eigenvalue weighted by Crippen LogP contribution is 2.17. The highest BCUT2D eigenvalue weighted by molar-refractivity contribution is 7.91. The lowest BCUT2D eigenvalue weighted by Crippen LogP contribution is -2.48. The summed E-state index contributed by atoms with van der Waals surface area (Å²) in [6, 6.07) is 1.01. The molecule has 2 heterocycles. The number of piperidine rings is 1. The Morgan fingerprint density at radius 2 is 1.58 bits per heavy atom. The fourth-order valence-electron chi connectivity index (χ4n) is 3.19. The van der Waals surface area contributed by atoms with Gasteiger partial charge in [0.05, 0.1) is 11.5 Å². The molecule has 0 bridgehead atoms. The highest BCUT2D eigenvalue weighted by Gasteiger charge is 2.27. The second-order valence-corrected chi connectivity index (χ2v) is 8.87. The smallest absolute Gasteiger partial charge is 0.150 e. The Kier molecular flexibility index (Phi) is 5.26. The van der Waals surface area contributed by atoms with Gasteiger partial charge in [-0.05, 0) is 44.7 Å². The molecule has 0 spiro atoms. The molecule has 2 saturated heterocycles. The molecule has 2 aliphatic rings. The summed E-state index contributed by atoms with van der Waals surface area (Å²) in [5.41, 5.74) is 0. The van der Waals surface area contributed by atoms with Crippen LogP contribution in [-0.4, -0.2) is 56.5 Å². The average molecular weight is 288 g/mol. The van der Waals surface area contributed by atoms with Crippen molar-refractivity contribution in [3.63, 3.8) is 0 Å². The lowest BCUT2D eigenvalue weighted by atomic mass is 10.0. The fraction of sp³-hybridized carbons (Fsp3) is 1.00. The summed E-state index contributed by atoms with van der Waals surface area (Å²) in [6.07, 6.45) is 4.01. The molecule has 0 aromatic heterocycles. The molecule has 5 heteroatoms. The quantitative estimate of drug-likeness (QED) is 0.846. The molecule has 0 atom stereocenters. The number of nitrogens with zero attached hydrogens (tertiary/aromatic N) is 1. The van der Waals surface area contributed by atoms with Gasteiger partial charge in [0.15, 0.2) is 0 Å². The van der Waals surface area contributed by atoms with Gasteiger partial charge in [0.2, 0.25) is 0 Å². The molecule has 0 amide bonds. The Morgan fingerprint density at radius 1 is 1.05 bits per heavy atom. The Balaban J connectivity index is 1.69. The molecular formula is C14H28N2O2S. The first-order valence-electron chi connectivity index (χ1n) is 7.63. The average Bonchev–Trinajstić information content (AvgIpc) is 2.34. The molecule has 19 heavy (non-hydrogen) atoms. The summed E-state index contributed by atoms with van der Waals surface area (Å²) in [4.78, 5) is 2.55. The van der Waals surface area contributed by atoms with Crippen molar-refractivity contribution in [1.82, 2.24) is 10.2 Å². The van der Waals surface area contributed by atoms with Crippen LogP contribution >= 0.6 is 0 Å². The Morgan fingerprint density at radius 3 is 2.11 bits per heavy atom. The van der Waals surface area contributed by atoms with E-state index in [2.05, 4.69) is 24.1 Å². The third kappa shape index (κ3) is 5.04. The van der Waals surface area contributed by atoms with E-state index < -0.39 is 9.84 Å². The van der Waals surface area contributed by atoms with E-state index in [-0.39, 0.29) is 0 Å². The minimum absolute atomic E-state index is 0.372. The first-order chi connectivity index (χ1) is 8.94. The first-order valence-corrected chi connectivity index (χ1v) is 9.45. The predicted molar refractivity (Wildman–Crippen MR) is 79.1 cm³/mol. The summed E-state index contributed by atoms with van der Waals surface area (Å²) < 4.78 is 22.8. The van der Waals surface area contributed by atoms with Crippen LogP contribution in [0.25, 0.3) is 0 Å². The molecular weight excluding hydrogens is 260 g/mol. The largest absolute Gasteiger partial charge is 0.311 e. The van der Waals surface area contributed by atoms with Gasteiger partial charge in [0, 0.05) is 18.6 Å². The molecule has 112 valence electrons. The number of hydrogen-bond donors (Lipinski definition) is 1. The Bertz CT molecular complexity index is 359. The van der Waals surface area contributed by atoms with Crippen molar-refractivity contribution < 1.29 is 8.42 Å². The standard InChI is InChI=1S/C14H28N2O2S/c1-12(2)11-16-7-3-13(4-8-16)15-14-5-9-19(17,18)10-6-14/h12-15H,3-11H2,1-2H3. The fourth-order valence-corrected chi connectivity index (χ4v) is 4.68. The highest BCUT2D eigenvalue weighted by atomic mass is 32.2. The normalized spacial score (nSPS) is 26.9. The molecule has 2 aliphatic heterocycles. The van der Waals surface area contributed by atoms with Crippen molar-refractivity contribution in [3.05, 3.63) is 0 Å². The van der Waals surface area contributed by atoms with Gasteiger partial charge in [0.25, 0.3) is 0 Å². The minimum atomic E-state index is -2.73. The third-order valence-corrected chi connectivity index (χ3v) is 5.95. The summed E-state index contributed by atoms with van der Waals surface area (Å²) in [5, 5.41) is 3.68. The van der Waals surface area contributed by atoms with Crippen molar-refractivity contribution >= 4 is 9.84 Å². The Labute approximate surface area is 117 Å². The van der Waals surface area contributed by atoms with E-state index >= 15 is 0 Å². The van der Waals surface area contributed by atoms with Crippen molar-refractivity contribution in [2.75, 3.05) is 31.1 Å². The van der Waals surface area contributed by atoms with Crippen LogP contribution < -0.4 is 5.32 Å². The van der Waals surface area contributed by atoms with Gasteiger partial charge in [-0.15, -0.1) is 0 Å². The summed E-state index contributed by atoms with van der Waals surface area (Å²) >= 11 is 0. The lowest BCUT2D eigenvalue weighted by Gasteiger charge is -2.36. The van der Waals surface area contributed by atoms with Crippen molar-refractivity contribution in [2.24, 2.45) is 5.92 Å². The van der Waals surface area contributed by atoms with E-state index in [9.17, 15) is 8.42 Å². The van der Waals surface area contributed by atoms with Gasteiger partial charge in [-0.25, -0.2) is 8.42 Å². The summed E-state index contributed by atoms with van der Waals surface area (Å²) in [6.45, 7) is 8.11. The van der Waals surface area contributed by atoms with E-state index in [1.807, 2.05) is 0 Å². The van der Waals surface area contributed by atoms with Crippen molar-refractivity contribution in [2.45, 2.75) is 51.6 Å². The van der Waals surface area contributed by atoms with E-state index in [0.29, 0.717) is 23.6 Å².